The van der Waals surface area contributed by atoms with Gasteiger partial charge in [0.05, 0.1) is 6.54 Å². The van der Waals surface area contributed by atoms with Crippen molar-refractivity contribution in [2.75, 3.05) is 20.1 Å². The van der Waals surface area contributed by atoms with Crippen LogP contribution < -0.4 is 5.32 Å². The molecule has 1 aliphatic rings. The minimum absolute atomic E-state index is 0.102. The van der Waals surface area contributed by atoms with Crippen LogP contribution in [0.25, 0.3) is 0 Å². The Morgan fingerprint density at radius 1 is 1.24 bits per heavy atom. The molecule has 0 aliphatic heterocycles. The van der Waals surface area contributed by atoms with E-state index < -0.39 is 6.43 Å². The lowest BCUT2D eigenvalue weighted by Crippen LogP contribution is -2.49. The second kappa shape index (κ2) is 7.98. The molecule has 17 heavy (non-hydrogen) atoms. The summed E-state index contributed by atoms with van der Waals surface area (Å²) in [6.07, 6.45) is 4.67. The van der Waals surface area contributed by atoms with E-state index in [1.165, 1.54) is 19.3 Å². The van der Waals surface area contributed by atoms with Gasteiger partial charge >= 0.3 is 0 Å². The summed E-state index contributed by atoms with van der Waals surface area (Å²) in [6.45, 7) is 3.03. The van der Waals surface area contributed by atoms with Gasteiger partial charge in [0.2, 0.25) is 0 Å². The molecule has 4 heteroatoms. The first-order valence-corrected chi connectivity index (χ1v) is 6.87. The molecule has 1 saturated carbocycles. The molecule has 102 valence electrons. The Hall–Kier alpha value is -0.220. The van der Waals surface area contributed by atoms with E-state index in [4.69, 9.17) is 0 Å². The summed E-state index contributed by atoms with van der Waals surface area (Å²) in [4.78, 5) is 1.85. The van der Waals surface area contributed by atoms with Crippen molar-refractivity contribution in [2.24, 2.45) is 0 Å². The minimum atomic E-state index is -2.23. The van der Waals surface area contributed by atoms with E-state index in [0.29, 0.717) is 6.04 Å². The maximum atomic E-state index is 12.5. The number of hydrogen-bond acceptors (Lipinski definition) is 2. The average Bonchev–Trinajstić information content (AvgIpc) is 2.50. The lowest BCUT2D eigenvalue weighted by molar-refractivity contribution is 0.0680. The standard InChI is InChI=1S/C13H26F2N2/c1-3-9-16-11-7-5-4-6-8-12(11)17(2)10-13(14)15/h11-13,16H,3-10H2,1-2H3. The highest BCUT2D eigenvalue weighted by atomic mass is 19.3. The van der Waals surface area contributed by atoms with E-state index in [1.54, 1.807) is 0 Å². The zero-order valence-corrected chi connectivity index (χ0v) is 11.1. The van der Waals surface area contributed by atoms with Gasteiger partial charge < -0.3 is 5.32 Å². The van der Waals surface area contributed by atoms with Crippen molar-refractivity contribution in [1.82, 2.24) is 10.2 Å². The van der Waals surface area contributed by atoms with Crippen molar-refractivity contribution in [1.29, 1.82) is 0 Å². The fourth-order valence-electron chi connectivity index (χ4n) is 2.74. The quantitative estimate of drug-likeness (QED) is 0.727. The van der Waals surface area contributed by atoms with Gasteiger partial charge in [-0.2, -0.15) is 0 Å². The van der Waals surface area contributed by atoms with Gasteiger partial charge in [-0.05, 0) is 32.9 Å². The van der Waals surface area contributed by atoms with Gasteiger partial charge in [-0.25, -0.2) is 8.78 Å². The largest absolute Gasteiger partial charge is 0.312 e. The molecule has 1 rings (SSSR count). The van der Waals surface area contributed by atoms with Crippen LogP contribution in [0.5, 0.6) is 0 Å². The Labute approximate surface area is 104 Å². The Bertz CT molecular complexity index is 200. The van der Waals surface area contributed by atoms with E-state index in [2.05, 4.69) is 12.2 Å². The Morgan fingerprint density at radius 3 is 2.59 bits per heavy atom. The molecule has 0 aromatic rings. The van der Waals surface area contributed by atoms with Crippen molar-refractivity contribution in [3.8, 4) is 0 Å². The number of rotatable bonds is 6. The second-order valence-electron chi connectivity index (χ2n) is 5.10. The first kappa shape index (κ1) is 14.8. The van der Waals surface area contributed by atoms with E-state index in [1.807, 2.05) is 11.9 Å². The third-order valence-electron chi connectivity index (χ3n) is 3.63. The van der Waals surface area contributed by atoms with Crippen LogP contribution in [0.2, 0.25) is 0 Å². The number of alkyl halides is 2. The summed E-state index contributed by atoms with van der Waals surface area (Å²) in [5, 5.41) is 3.53. The molecular weight excluding hydrogens is 222 g/mol. The molecule has 0 amide bonds. The maximum Gasteiger partial charge on any atom is 0.251 e. The Kier molecular flexibility index (Phi) is 6.97. The van der Waals surface area contributed by atoms with E-state index >= 15 is 0 Å². The average molecular weight is 248 g/mol. The predicted octanol–water partition coefficient (Wildman–Crippen LogP) is 2.88. The molecule has 0 aromatic carbocycles. The highest BCUT2D eigenvalue weighted by Crippen LogP contribution is 2.22. The Morgan fingerprint density at radius 2 is 1.94 bits per heavy atom. The lowest BCUT2D eigenvalue weighted by atomic mass is 10.0. The van der Waals surface area contributed by atoms with Crippen LogP contribution in [0.4, 0.5) is 8.78 Å². The molecule has 1 N–H and O–H groups in total. The van der Waals surface area contributed by atoms with Crippen LogP contribution in [-0.2, 0) is 0 Å². The van der Waals surface area contributed by atoms with Crippen LogP contribution in [0, 0.1) is 0 Å². The molecule has 0 radical (unpaired) electrons. The highest BCUT2D eigenvalue weighted by Gasteiger charge is 2.27. The molecule has 0 bridgehead atoms. The van der Waals surface area contributed by atoms with Gasteiger partial charge in [-0.1, -0.05) is 26.2 Å². The van der Waals surface area contributed by atoms with Gasteiger partial charge in [0, 0.05) is 12.1 Å². The summed E-state index contributed by atoms with van der Waals surface area (Å²) in [5.41, 5.74) is 0. The van der Waals surface area contributed by atoms with Crippen molar-refractivity contribution in [2.45, 2.75) is 64.0 Å². The third-order valence-corrected chi connectivity index (χ3v) is 3.63. The summed E-state index contributed by atoms with van der Waals surface area (Å²) < 4.78 is 24.9. The molecule has 2 atom stereocenters. The molecule has 0 spiro atoms. The smallest absolute Gasteiger partial charge is 0.251 e. The summed E-state index contributed by atoms with van der Waals surface area (Å²) in [7, 11) is 1.84. The van der Waals surface area contributed by atoms with Gasteiger partial charge in [0.15, 0.2) is 0 Å². The molecular formula is C13H26F2N2. The number of nitrogens with one attached hydrogen (secondary N) is 1. The van der Waals surface area contributed by atoms with Crippen molar-refractivity contribution < 1.29 is 8.78 Å². The zero-order chi connectivity index (χ0) is 12.7. The first-order valence-electron chi connectivity index (χ1n) is 6.87. The highest BCUT2D eigenvalue weighted by molar-refractivity contribution is 4.85. The minimum Gasteiger partial charge on any atom is -0.312 e. The van der Waals surface area contributed by atoms with Crippen LogP contribution in [0.3, 0.4) is 0 Å². The number of hydrogen-bond donors (Lipinski definition) is 1. The number of likely N-dealkylation sites (N-methyl/N-ethyl adjacent to an activating group) is 1. The zero-order valence-electron chi connectivity index (χ0n) is 11.1. The molecule has 0 saturated heterocycles. The SMILES string of the molecule is CCCNC1CCCCCC1N(C)CC(F)F. The molecule has 0 heterocycles. The van der Waals surface area contributed by atoms with Crippen LogP contribution in [0.1, 0.15) is 45.4 Å². The second-order valence-corrected chi connectivity index (χ2v) is 5.10. The fraction of sp³-hybridized carbons (Fsp3) is 1.00. The first-order chi connectivity index (χ1) is 8.15. The third kappa shape index (κ3) is 5.30. The van der Waals surface area contributed by atoms with E-state index in [-0.39, 0.29) is 12.6 Å². The van der Waals surface area contributed by atoms with Crippen molar-refractivity contribution >= 4 is 0 Å². The summed E-state index contributed by atoms with van der Waals surface area (Å²) in [6, 6.07) is 0.666. The predicted molar refractivity (Wildman–Crippen MR) is 67.6 cm³/mol. The summed E-state index contributed by atoms with van der Waals surface area (Å²) >= 11 is 0. The molecule has 1 aliphatic carbocycles. The van der Waals surface area contributed by atoms with Crippen molar-refractivity contribution in [3.63, 3.8) is 0 Å². The van der Waals surface area contributed by atoms with Crippen molar-refractivity contribution in [3.05, 3.63) is 0 Å². The Balaban J connectivity index is 2.53. The topological polar surface area (TPSA) is 15.3 Å². The molecule has 0 aromatic heterocycles. The molecule has 2 unspecified atom stereocenters. The van der Waals surface area contributed by atoms with Gasteiger partial charge in [0.25, 0.3) is 6.43 Å². The van der Waals surface area contributed by atoms with Crippen LogP contribution in [-0.4, -0.2) is 43.5 Å². The van der Waals surface area contributed by atoms with Gasteiger partial charge in [-0.3, -0.25) is 4.90 Å². The molecule has 2 nitrogen and oxygen atoms in total. The fourth-order valence-corrected chi connectivity index (χ4v) is 2.74. The maximum absolute atomic E-state index is 12.5. The monoisotopic (exact) mass is 248 g/mol. The van der Waals surface area contributed by atoms with E-state index in [9.17, 15) is 8.78 Å². The lowest BCUT2D eigenvalue weighted by Gasteiger charge is -2.34. The van der Waals surface area contributed by atoms with Gasteiger partial charge in [0.1, 0.15) is 0 Å². The number of halogens is 2. The van der Waals surface area contributed by atoms with Gasteiger partial charge in [-0.15, -0.1) is 0 Å². The normalized spacial score (nSPS) is 26.5. The number of nitrogens with zero attached hydrogens (tertiary/aromatic N) is 1. The van der Waals surface area contributed by atoms with E-state index in [0.717, 1.165) is 25.8 Å². The summed E-state index contributed by atoms with van der Waals surface area (Å²) in [5.74, 6) is 0. The van der Waals surface area contributed by atoms with Crippen LogP contribution >= 0.6 is 0 Å². The van der Waals surface area contributed by atoms with Crippen LogP contribution in [0.15, 0.2) is 0 Å². The molecule has 1 fully saturated rings.